The van der Waals surface area contributed by atoms with Gasteiger partial charge in [0, 0.05) is 19.0 Å². The van der Waals surface area contributed by atoms with E-state index in [0.717, 1.165) is 18.6 Å². The molecule has 174 valence electrons. The first-order valence-electron chi connectivity index (χ1n) is 11.3. The molecule has 31 heavy (non-hydrogen) atoms. The second kappa shape index (κ2) is 14.2. The number of imidazole rings is 1. The highest BCUT2D eigenvalue weighted by molar-refractivity contribution is 5.24. The van der Waals surface area contributed by atoms with Gasteiger partial charge in [-0.25, -0.2) is 4.98 Å². The van der Waals surface area contributed by atoms with Crippen LogP contribution in [0.4, 0.5) is 13.2 Å². The lowest BCUT2D eigenvalue weighted by Gasteiger charge is -2.19. The van der Waals surface area contributed by atoms with E-state index in [2.05, 4.69) is 11.9 Å². The third-order valence-corrected chi connectivity index (χ3v) is 5.19. The summed E-state index contributed by atoms with van der Waals surface area (Å²) in [6.45, 7) is 4.18. The summed E-state index contributed by atoms with van der Waals surface area (Å²) in [4.78, 5) is 4.04. The van der Waals surface area contributed by atoms with Crippen molar-refractivity contribution in [2.75, 3.05) is 13.2 Å². The smallest absolute Gasteiger partial charge is 0.379 e. The van der Waals surface area contributed by atoms with Crippen molar-refractivity contribution in [3.05, 3.63) is 54.1 Å². The number of ether oxygens (including phenoxy) is 2. The van der Waals surface area contributed by atoms with Gasteiger partial charge in [0.15, 0.2) is 0 Å². The van der Waals surface area contributed by atoms with E-state index < -0.39 is 11.7 Å². The summed E-state index contributed by atoms with van der Waals surface area (Å²) in [5.74, 6) is 0. The Morgan fingerprint density at radius 3 is 2.26 bits per heavy atom. The molecule has 2 aromatic rings. The number of alkyl halides is 3. The van der Waals surface area contributed by atoms with E-state index in [4.69, 9.17) is 9.47 Å². The third-order valence-electron chi connectivity index (χ3n) is 5.19. The first-order valence-corrected chi connectivity index (χ1v) is 11.3. The molecule has 7 heteroatoms. The molecular weight excluding hydrogens is 405 g/mol. The number of unbranched alkanes of at least 4 members (excludes halogenated alkanes) is 7. The molecule has 0 aliphatic rings. The van der Waals surface area contributed by atoms with Gasteiger partial charge in [-0.1, -0.05) is 64.0 Å². The fraction of sp³-hybridized carbons (Fsp3) is 0.625. The standard InChI is InChI=1S/C24H35F3N2O2/c1-2-3-4-5-6-7-8-9-16-30-19-23(17-29-15-14-28-20-29)31-18-21-10-12-22(13-11-21)24(25,26)27/h10-15,20,23H,2-9,16-19H2,1H3. The number of hydrogen-bond acceptors (Lipinski definition) is 3. The van der Waals surface area contributed by atoms with Crippen LogP contribution < -0.4 is 0 Å². The Bertz CT molecular complexity index is 688. The van der Waals surface area contributed by atoms with Gasteiger partial charge in [-0.2, -0.15) is 13.2 Å². The van der Waals surface area contributed by atoms with Crippen LogP contribution in [0, 0.1) is 0 Å². The molecule has 0 aliphatic heterocycles. The SMILES string of the molecule is CCCCCCCCCCOCC(Cn1ccnc1)OCc1ccc(C(F)(F)F)cc1. The molecule has 1 unspecified atom stereocenters. The van der Waals surface area contributed by atoms with Crippen LogP contribution in [-0.2, 0) is 28.8 Å². The van der Waals surface area contributed by atoms with Crippen molar-refractivity contribution >= 4 is 0 Å². The molecule has 4 nitrogen and oxygen atoms in total. The molecule has 0 saturated heterocycles. The molecule has 1 aromatic carbocycles. The summed E-state index contributed by atoms with van der Waals surface area (Å²) < 4.78 is 51.8. The maximum Gasteiger partial charge on any atom is 0.416 e. The zero-order chi connectivity index (χ0) is 22.4. The normalized spacial score (nSPS) is 12.9. The molecule has 0 aliphatic carbocycles. The van der Waals surface area contributed by atoms with Crippen LogP contribution in [0.2, 0.25) is 0 Å². The monoisotopic (exact) mass is 440 g/mol. The number of nitrogens with zero attached hydrogens (tertiary/aromatic N) is 2. The van der Waals surface area contributed by atoms with Gasteiger partial charge in [0.1, 0.15) is 0 Å². The minimum Gasteiger partial charge on any atom is -0.379 e. The molecule has 1 heterocycles. The van der Waals surface area contributed by atoms with Crippen molar-refractivity contribution in [3.63, 3.8) is 0 Å². The van der Waals surface area contributed by atoms with Crippen LogP contribution in [0.1, 0.15) is 69.4 Å². The van der Waals surface area contributed by atoms with E-state index in [1.807, 2.05) is 10.8 Å². The molecular formula is C24H35F3N2O2. The fourth-order valence-electron chi connectivity index (χ4n) is 3.34. The van der Waals surface area contributed by atoms with Gasteiger partial charge in [-0.15, -0.1) is 0 Å². The van der Waals surface area contributed by atoms with E-state index in [1.165, 1.54) is 57.1 Å². The summed E-state index contributed by atoms with van der Waals surface area (Å²) >= 11 is 0. The maximum absolute atomic E-state index is 12.7. The molecule has 0 amide bonds. The highest BCUT2D eigenvalue weighted by atomic mass is 19.4. The third kappa shape index (κ3) is 10.8. The van der Waals surface area contributed by atoms with Gasteiger partial charge < -0.3 is 14.0 Å². The van der Waals surface area contributed by atoms with E-state index >= 15 is 0 Å². The topological polar surface area (TPSA) is 36.3 Å². The van der Waals surface area contributed by atoms with Crippen LogP contribution in [0.3, 0.4) is 0 Å². The predicted molar refractivity (Wildman–Crippen MR) is 116 cm³/mol. The van der Waals surface area contributed by atoms with Crippen molar-refractivity contribution in [3.8, 4) is 0 Å². The molecule has 2 rings (SSSR count). The van der Waals surface area contributed by atoms with Crippen LogP contribution in [0.15, 0.2) is 43.0 Å². The van der Waals surface area contributed by atoms with Gasteiger partial charge >= 0.3 is 6.18 Å². The molecule has 0 bridgehead atoms. The number of hydrogen-bond donors (Lipinski definition) is 0. The van der Waals surface area contributed by atoms with Crippen molar-refractivity contribution in [2.45, 2.75) is 83.7 Å². The highest BCUT2D eigenvalue weighted by Crippen LogP contribution is 2.29. The minimum absolute atomic E-state index is 0.203. The van der Waals surface area contributed by atoms with Crippen molar-refractivity contribution in [1.82, 2.24) is 9.55 Å². The van der Waals surface area contributed by atoms with Crippen LogP contribution in [-0.4, -0.2) is 28.9 Å². The molecule has 1 aromatic heterocycles. The lowest BCUT2D eigenvalue weighted by atomic mass is 10.1. The molecule has 0 N–H and O–H groups in total. The Morgan fingerprint density at radius 2 is 1.65 bits per heavy atom. The molecule has 0 spiro atoms. The Morgan fingerprint density at radius 1 is 0.968 bits per heavy atom. The van der Waals surface area contributed by atoms with E-state index in [-0.39, 0.29) is 12.7 Å². The molecule has 0 radical (unpaired) electrons. The van der Waals surface area contributed by atoms with Crippen molar-refractivity contribution in [2.24, 2.45) is 0 Å². The van der Waals surface area contributed by atoms with Gasteiger partial charge in [-0.3, -0.25) is 0 Å². The Balaban J connectivity index is 1.70. The summed E-state index contributed by atoms with van der Waals surface area (Å²) in [5, 5.41) is 0. The number of halogens is 3. The van der Waals surface area contributed by atoms with Gasteiger partial charge in [0.2, 0.25) is 0 Å². The minimum atomic E-state index is -4.33. The summed E-state index contributed by atoms with van der Waals surface area (Å²) in [7, 11) is 0. The average molecular weight is 441 g/mol. The van der Waals surface area contributed by atoms with Gasteiger partial charge in [0.25, 0.3) is 0 Å². The predicted octanol–water partition coefficient (Wildman–Crippen LogP) is 6.64. The number of aromatic nitrogens is 2. The zero-order valence-electron chi connectivity index (χ0n) is 18.4. The second-order valence-electron chi connectivity index (χ2n) is 7.94. The summed E-state index contributed by atoms with van der Waals surface area (Å²) in [6.07, 6.45) is 10.7. The lowest BCUT2D eigenvalue weighted by molar-refractivity contribution is -0.137. The molecule has 0 saturated carbocycles. The van der Waals surface area contributed by atoms with E-state index in [1.54, 1.807) is 12.5 Å². The Labute approximate surface area is 183 Å². The Hall–Kier alpha value is -1.86. The first kappa shape index (κ1) is 25.4. The van der Waals surface area contributed by atoms with Gasteiger partial charge in [-0.05, 0) is 24.1 Å². The molecule has 0 fully saturated rings. The van der Waals surface area contributed by atoms with E-state index in [0.29, 0.717) is 25.3 Å². The summed E-state index contributed by atoms with van der Waals surface area (Å²) in [5.41, 5.74) is 0.0478. The van der Waals surface area contributed by atoms with Crippen molar-refractivity contribution in [1.29, 1.82) is 0 Å². The average Bonchev–Trinajstić information content (AvgIpc) is 3.26. The van der Waals surface area contributed by atoms with Crippen LogP contribution >= 0.6 is 0 Å². The summed E-state index contributed by atoms with van der Waals surface area (Å²) in [6, 6.07) is 5.08. The highest BCUT2D eigenvalue weighted by Gasteiger charge is 2.29. The van der Waals surface area contributed by atoms with Gasteiger partial charge in [0.05, 0.1) is 37.8 Å². The largest absolute Gasteiger partial charge is 0.416 e. The number of benzene rings is 1. The second-order valence-corrected chi connectivity index (χ2v) is 7.94. The zero-order valence-corrected chi connectivity index (χ0v) is 18.4. The van der Waals surface area contributed by atoms with E-state index in [9.17, 15) is 13.2 Å². The molecule has 1 atom stereocenters. The van der Waals surface area contributed by atoms with Crippen LogP contribution in [0.5, 0.6) is 0 Å². The van der Waals surface area contributed by atoms with Crippen LogP contribution in [0.25, 0.3) is 0 Å². The Kier molecular flexibility index (Phi) is 11.7. The quantitative estimate of drug-likeness (QED) is 0.274. The maximum atomic E-state index is 12.7. The first-order chi connectivity index (χ1) is 15.0. The number of rotatable bonds is 16. The van der Waals surface area contributed by atoms with Crippen molar-refractivity contribution < 1.29 is 22.6 Å². The lowest BCUT2D eigenvalue weighted by Crippen LogP contribution is -2.25. The fourth-order valence-corrected chi connectivity index (χ4v) is 3.34.